The number of nitrogens with one attached hydrogen (secondary N) is 1. The van der Waals surface area contributed by atoms with Crippen molar-refractivity contribution < 1.29 is 21.7 Å². The molecule has 0 fully saturated rings. The van der Waals surface area contributed by atoms with Gasteiger partial charge >= 0.3 is 10.3 Å². The molecule has 2 aromatic rings. The summed E-state index contributed by atoms with van der Waals surface area (Å²) in [7, 11) is -3.87. The van der Waals surface area contributed by atoms with E-state index < -0.39 is 16.1 Å². The first-order chi connectivity index (χ1) is 11.1. The molecule has 0 bridgehead atoms. The fourth-order valence-electron chi connectivity index (χ4n) is 2.46. The van der Waals surface area contributed by atoms with Crippen molar-refractivity contribution in [2.75, 3.05) is 0 Å². The van der Waals surface area contributed by atoms with E-state index in [1.165, 1.54) is 12.1 Å². The van der Waals surface area contributed by atoms with E-state index in [2.05, 4.69) is 4.72 Å². The topological polar surface area (TPSA) is 64.6 Å². The Labute approximate surface area is 140 Å². The predicted octanol–water partition coefficient (Wildman–Crippen LogP) is 3.40. The summed E-state index contributed by atoms with van der Waals surface area (Å²) >= 11 is 0. The molecule has 0 aromatic heterocycles. The van der Waals surface area contributed by atoms with E-state index in [0.29, 0.717) is 22.4 Å². The summed E-state index contributed by atoms with van der Waals surface area (Å²) in [5, 5.41) is 0. The Morgan fingerprint density at radius 3 is 2.46 bits per heavy atom. The van der Waals surface area contributed by atoms with Crippen LogP contribution in [0, 0.1) is 5.82 Å². The van der Waals surface area contributed by atoms with Crippen molar-refractivity contribution in [3.63, 3.8) is 0 Å². The molecule has 0 amide bonds. The number of ether oxygens (including phenoxy) is 1. The number of rotatable bonds is 2. The van der Waals surface area contributed by atoms with Gasteiger partial charge in [-0.15, -0.1) is 0 Å². The molecule has 128 valence electrons. The summed E-state index contributed by atoms with van der Waals surface area (Å²) in [6.45, 7) is 5.81. The van der Waals surface area contributed by atoms with E-state index in [9.17, 15) is 12.8 Å². The van der Waals surface area contributed by atoms with Crippen molar-refractivity contribution in [3.05, 3.63) is 47.8 Å². The fraction of sp³-hybridized carbons (Fsp3) is 0.294. The molecular formula is C17H18FNO4S. The molecule has 0 spiro atoms. The highest BCUT2D eigenvalue weighted by Crippen LogP contribution is 2.37. The highest BCUT2D eigenvalue weighted by atomic mass is 32.2. The maximum absolute atomic E-state index is 13.9. The van der Waals surface area contributed by atoms with Gasteiger partial charge < -0.3 is 8.92 Å². The Morgan fingerprint density at radius 2 is 1.83 bits per heavy atom. The zero-order valence-corrected chi connectivity index (χ0v) is 14.4. The highest BCUT2D eigenvalue weighted by molar-refractivity contribution is 7.85. The first-order valence-corrected chi connectivity index (χ1v) is 8.85. The number of hydrogen-bond acceptors (Lipinski definition) is 4. The molecule has 0 saturated heterocycles. The number of fused-ring (bicyclic) bond motifs is 1. The zero-order valence-electron chi connectivity index (χ0n) is 13.6. The van der Waals surface area contributed by atoms with Gasteiger partial charge in [0, 0.05) is 17.7 Å². The smallest absolute Gasteiger partial charge is 0.382 e. The normalized spacial score (nSPS) is 16.2. The maximum Gasteiger partial charge on any atom is 0.382 e. The second kappa shape index (κ2) is 5.75. The quantitative estimate of drug-likeness (QED) is 0.901. The molecule has 1 N–H and O–H groups in total. The van der Waals surface area contributed by atoms with E-state index >= 15 is 0 Å². The summed E-state index contributed by atoms with van der Waals surface area (Å²) < 4.78 is 50.2. The van der Waals surface area contributed by atoms with Crippen LogP contribution < -0.4 is 13.6 Å². The minimum atomic E-state index is -3.87. The average Bonchev–Trinajstić information content (AvgIpc) is 2.46. The molecule has 2 aromatic carbocycles. The standard InChI is InChI=1S/C17H18FNO4S/c1-17(2,3)22-14-6-4-11(5-7-14)15-9-13(18)8-12-10-19-24(20,21)23-16(12)15/h4-9,19H,10H2,1-3H3. The lowest BCUT2D eigenvalue weighted by molar-refractivity contribution is 0.131. The van der Waals surface area contributed by atoms with Gasteiger partial charge in [-0.1, -0.05) is 12.1 Å². The second-order valence-electron chi connectivity index (χ2n) is 6.54. The molecule has 3 rings (SSSR count). The van der Waals surface area contributed by atoms with Crippen LogP contribution >= 0.6 is 0 Å². The summed E-state index contributed by atoms with van der Waals surface area (Å²) in [6, 6.07) is 9.53. The molecule has 0 aliphatic carbocycles. The Morgan fingerprint density at radius 1 is 1.17 bits per heavy atom. The van der Waals surface area contributed by atoms with Crippen molar-refractivity contribution in [2.24, 2.45) is 0 Å². The van der Waals surface area contributed by atoms with Crippen molar-refractivity contribution in [2.45, 2.75) is 32.9 Å². The first-order valence-electron chi connectivity index (χ1n) is 7.44. The molecule has 0 atom stereocenters. The molecule has 1 heterocycles. The van der Waals surface area contributed by atoms with Crippen LogP contribution in [0.15, 0.2) is 36.4 Å². The minimum Gasteiger partial charge on any atom is -0.488 e. The molecule has 5 nitrogen and oxygen atoms in total. The van der Waals surface area contributed by atoms with E-state index in [1.807, 2.05) is 20.8 Å². The van der Waals surface area contributed by atoms with E-state index in [1.54, 1.807) is 24.3 Å². The van der Waals surface area contributed by atoms with E-state index in [0.717, 1.165) is 0 Å². The van der Waals surface area contributed by atoms with Crippen molar-refractivity contribution >= 4 is 10.3 Å². The Hall–Kier alpha value is -2.12. The molecule has 7 heteroatoms. The molecule has 0 saturated carbocycles. The fourth-order valence-corrected chi connectivity index (χ4v) is 3.26. The van der Waals surface area contributed by atoms with Crippen LogP contribution in [0.1, 0.15) is 26.3 Å². The monoisotopic (exact) mass is 351 g/mol. The number of halogens is 1. The summed E-state index contributed by atoms with van der Waals surface area (Å²) in [5.74, 6) is 0.370. The van der Waals surface area contributed by atoms with Crippen LogP contribution in [0.5, 0.6) is 11.5 Å². The van der Waals surface area contributed by atoms with Crippen LogP contribution in [0.3, 0.4) is 0 Å². The van der Waals surface area contributed by atoms with Gasteiger partial charge in [-0.05, 0) is 50.6 Å². The lowest BCUT2D eigenvalue weighted by Gasteiger charge is -2.22. The molecule has 24 heavy (non-hydrogen) atoms. The number of hydrogen-bond donors (Lipinski definition) is 1. The van der Waals surface area contributed by atoms with Gasteiger partial charge in [0.2, 0.25) is 0 Å². The SMILES string of the molecule is CC(C)(C)Oc1ccc(-c2cc(F)cc3c2OS(=O)(=O)NC3)cc1. The molecule has 0 unspecified atom stereocenters. The van der Waals surface area contributed by atoms with Crippen molar-refractivity contribution in [3.8, 4) is 22.6 Å². The molecular weight excluding hydrogens is 333 g/mol. The van der Waals surface area contributed by atoms with Crippen molar-refractivity contribution in [1.82, 2.24) is 4.72 Å². The van der Waals surface area contributed by atoms with Crippen LogP contribution in [0.2, 0.25) is 0 Å². The van der Waals surface area contributed by atoms with Crippen LogP contribution in [0.25, 0.3) is 11.1 Å². The Bertz CT molecular complexity index is 871. The Balaban J connectivity index is 2.02. The number of benzene rings is 2. The Kier molecular flexibility index (Phi) is 4.01. The summed E-state index contributed by atoms with van der Waals surface area (Å²) in [6.07, 6.45) is 0. The third-order valence-corrected chi connectivity index (χ3v) is 4.24. The third kappa shape index (κ3) is 3.68. The summed E-state index contributed by atoms with van der Waals surface area (Å²) in [4.78, 5) is 0. The van der Waals surface area contributed by atoms with Gasteiger partial charge in [-0.2, -0.15) is 13.1 Å². The van der Waals surface area contributed by atoms with Gasteiger partial charge in [0.15, 0.2) is 5.75 Å². The zero-order chi connectivity index (χ0) is 17.5. The van der Waals surface area contributed by atoms with E-state index in [4.69, 9.17) is 8.92 Å². The largest absolute Gasteiger partial charge is 0.488 e. The molecule has 1 aliphatic rings. The maximum atomic E-state index is 13.9. The average molecular weight is 351 g/mol. The molecule has 1 aliphatic heterocycles. The third-order valence-electron chi connectivity index (χ3n) is 3.35. The van der Waals surface area contributed by atoms with Gasteiger partial charge in [0.25, 0.3) is 0 Å². The predicted molar refractivity (Wildman–Crippen MR) is 88.6 cm³/mol. The lowest BCUT2D eigenvalue weighted by Crippen LogP contribution is -2.32. The van der Waals surface area contributed by atoms with Crippen LogP contribution in [0.4, 0.5) is 4.39 Å². The highest BCUT2D eigenvalue weighted by Gasteiger charge is 2.26. The second-order valence-corrected chi connectivity index (χ2v) is 7.90. The van der Waals surface area contributed by atoms with Gasteiger partial charge in [0.1, 0.15) is 17.2 Å². The lowest BCUT2D eigenvalue weighted by atomic mass is 10.0. The summed E-state index contributed by atoms with van der Waals surface area (Å²) in [5.41, 5.74) is 1.15. The van der Waals surface area contributed by atoms with Gasteiger partial charge in [-0.25, -0.2) is 4.39 Å². The minimum absolute atomic E-state index is 0.00630. The van der Waals surface area contributed by atoms with Crippen LogP contribution in [-0.4, -0.2) is 14.0 Å². The van der Waals surface area contributed by atoms with E-state index in [-0.39, 0.29) is 17.9 Å². The first kappa shape index (κ1) is 16.7. The molecule has 0 radical (unpaired) electrons. The van der Waals surface area contributed by atoms with Gasteiger partial charge in [0.05, 0.1) is 0 Å². The van der Waals surface area contributed by atoms with Crippen molar-refractivity contribution in [1.29, 1.82) is 0 Å². The van der Waals surface area contributed by atoms with Crippen LogP contribution in [-0.2, 0) is 16.8 Å². The van der Waals surface area contributed by atoms with Gasteiger partial charge in [-0.3, -0.25) is 0 Å².